The Hall–Kier alpha value is -2.33. The van der Waals surface area contributed by atoms with E-state index in [0.717, 1.165) is 89.9 Å². The number of aliphatic hydroxyl groups excluding tert-OH is 2. The number of hydrogen-bond acceptors (Lipinski definition) is 9. The Balaban J connectivity index is 3.92. The molecule has 0 aromatic heterocycles. The van der Waals surface area contributed by atoms with Crippen molar-refractivity contribution in [1.82, 2.24) is 0 Å². The van der Waals surface area contributed by atoms with Crippen molar-refractivity contribution in [3.63, 3.8) is 0 Å². The number of phosphoric acid groups is 1. The van der Waals surface area contributed by atoms with Crippen LogP contribution in [-0.2, 0) is 32.7 Å². The minimum absolute atomic E-state index is 0.180. The van der Waals surface area contributed by atoms with Gasteiger partial charge in [0.25, 0.3) is 0 Å². The average molecular weight is 839 g/mol. The third kappa shape index (κ3) is 40.4. The number of carbonyl (C=O) groups excluding carboxylic acids is 2. The van der Waals surface area contributed by atoms with Crippen LogP contribution in [-0.4, -0.2) is 65.7 Å². The summed E-state index contributed by atoms with van der Waals surface area (Å²) in [5.74, 6) is -1.04. The van der Waals surface area contributed by atoms with Gasteiger partial charge in [-0.25, -0.2) is 4.57 Å². The third-order valence-electron chi connectivity index (χ3n) is 9.46. The second-order valence-electron chi connectivity index (χ2n) is 15.0. The molecule has 0 aromatic carbocycles. The molecule has 0 spiro atoms. The minimum atomic E-state index is -4.64. The minimum Gasteiger partial charge on any atom is -0.457 e. The second kappa shape index (κ2) is 42.8. The molecular formula is C47H83O10P. The van der Waals surface area contributed by atoms with Gasteiger partial charge in [0.2, 0.25) is 0 Å². The number of rotatable bonds is 42. The summed E-state index contributed by atoms with van der Waals surface area (Å²) in [6, 6.07) is 0. The molecule has 0 saturated carbocycles. The molecule has 0 amide bonds. The fourth-order valence-corrected chi connectivity index (χ4v) is 6.77. The molecule has 0 aliphatic carbocycles. The van der Waals surface area contributed by atoms with E-state index in [-0.39, 0.29) is 12.8 Å². The van der Waals surface area contributed by atoms with Crippen molar-refractivity contribution in [2.24, 2.45) is 0 Å². The SMILES string of the molecule is CC/C=C\C/C=C\C/C=C\C/C=C\CCCCCCCCCCC(=O)OC(CO)COP(=O)(O)OCC(CO)OC(=O)CCCCCCC/C=C\CCCCCCC. The molecule has 3 atom stereocenters. The van der Waals surface area contributed by atoms with Crippen LogP contribution in [0.25, 0.3) is 0 Å². The number of unbranched alkanes of at least 4 members (excludes halogenated alkanes) is 18. The van der Waals surface area contributed by atoms with Crippen LogP contribution < -0.4 is 0 Å². The van der Waals surface area contributed by atoms with Gasteiger partial charge in [0.05, 0.1) is 26.4 Å². The van der Waals surface area contributed by atoms with Crippen molar-refractivity contribution in [3.8, 4) is 0 Å². The van der Waals surface area contributed by atoms with Crippen LogP contribution in [0.15, 0.2) is 60.8 Å². The highest BCUT2D eigenvalue weighted by Crippen LogP contribution is 2.43. The van der Waals surface area contributed by atoms with Crippen LogP contribution >= 0.6 is 7.82 Å². The molecule has 11 heteroatoms. The standard InChI is InChI=1S/C47H83O10P/c1-3-5-7-9-11-13-15-17-19-20-21-22-23-24-25-27-29-31-33-35-37-39-47(51)57-45(41-49)43-55-58(52,53)54-42-44(40-48)56-46(50)38-36-34-32-30-28-26-18-16-14-12-10-8-6-4-2/h5,7,11,13,16-19,21-22,44-45,48-49H,3-4,6,8-10,12,14-15,20,23-43H2,1-2H3,(H,52,53)/b7-5-,13-11-,18-16-,19-17-,22-21-. The van der Waals surface area contributed by atoms with E-state index < -0.39 is 58.4 Å². The van der Waals surface area contributed by atoms with E-state index in [1.165, 1.54) is 57.8 Å². The van der Waals surface area contributed by atoms with Gasteiger partial charge in [0, 0.05) is 12.8 Å². The van der Waals surface area contributed by atoms with Crippen LogP contribution in [0.3, 0.4) is 0 Å². The number of allylic oxidation sites excluding steroid dienone is 10. The fourth-order valence-electron chi connectivity index (χ4n) is 5.98. The second-order valence-corrected chi connectivity index (χ2v) is 16.5. The zero-order valence-electron chi connectivity index (χ0n) is 36.5. The molecule has 0 aliphatic heterocycles. The Morgan fingerprint density at radius 3 is 1.19 bits per heavy atom. The van der Waals surface area contributed by atoms with Gasteiger partial charge < -0.3 is 24.6 Å². The van der Waals surface area contributed by atoms with E-state index in [1.54, 1.807) is 0 Å². The summed E-state index contributed by atoms with van der Waals surface area (Å²) in [5.41, 5.74) is 0. The Morgan fingerprint density at radius 2 is 0.810 bits per heavy atom. The molecule has 0 heterocycles. The van der Waals surface area contributed by atoms with Gasteiger partial charge in [0.15, 0.2) is 0 Å². The van der Waals surface area contributed by atoms with Gasteiger partial charge in [0.1, 0.15) is 12.2 Å². The predicted molar refractivity (Wildman–Crippen MR) is 237 cm³/mol. The Kier molecular flexibility index (Phi) is 41.1. The maximum Gasteiger partial charge on any atom is 0.472 e. The summed E-state index contributed by atoms with van der Waals surface area (Å²) in [7, 11) is -4.64. The molecule has 3 unspecified atom stereocenters. The van der Waals surface area contributed by atoms with E-state index in [4.69, 9.17) is 18.5 Å². The first-order chi connectivity index (χ1) is 28.3. The summed E-state index contributed by atoms with van der Waals surface area (Å²) in [4.78, 5) is 34.5. The van der Waals surface area contributed by atoms with Crippen molar-refractivity contribution in [1.29, 1.82) is 0 Å². The lowest BCUT2D eigenvalue weighted by Crippen LogP contribution is -2.28. The Labute approximate surface area is 353 Å². The van der Waals surface area contributed by atoms with Gasteiger partial charge in [-0.15, -0.1) is 0 Å². The lowest BCUT2D eigenvalue weighted by atomic mass is 10.1. The molecule has 3 N–H and O–H groups in total. The monoisotopic (exact) mass is 839 g/mol. The van der Waals surface area contributed by atoms with Crippen LogP contribution in [0, 0.1) is 0 Å². The summed E-state index contributed by atoms with van der Waals surface area (Å²) < 4.78 is 32.6. The first-order valence-electron chi connectivity index (χ1n) is 22.7. The normalized spacial score (nSPS) is 14.4. The zero-order chi connectivity index (χ0) is 42.6. The number of hydrogen-bond donors (Lipinski definition) is 3. The van der Waals surface area contributed by atoms with Crippen molar-refractivity contribution < 1.29 is 47.8 Å². The van der Waals surface area contributed by atoms with Crippen LogP contribution in [0.5, 0.6) is 0 Å². The molecule has 336 valence electrons. The van der Waals surface area contributed by atoms with E-state index >= 15 is 0 Å². The number of carbonyl (C=O) groups is 2. The first kappa shape index (κ1) is 55.7. The molecule has 0 saturated heterocycles. The van der Waals surface area contributed by atoms with E-state index in [9.17, 15) is 29.3 Å². The van der Waals surface area contributed by atoms with E-state index in [1.807, 2.05) is 0 Å². The quantitative estimate of drug-likeness (QED) is 0.0235. The lowest BCUT2D eigenvalue weighted by Gasteiger charge is -2.20. The smallest absolute Gasteiger partial charge is 0.457 e. The van der Waals surface area contributed by atoms with Gasteiger partial charge in [-0.2, -0.15) is 0 Å². The van der Waals surface area contributed by atoms with Gasteiger partial charge in [-0.3, -0.25) is 18.6 Å². The molecule has 10 nitrogen and oxygen atoms in total. The lowest BCUT2D eigenvalue weighted by molar-refractivity contribution is -0.153. The van der Waals surface area contributed by atoms with Crippen molar-refractivity contribution >= 4 is 19.8 Å². The number of ether oxygens (including phenoxy) is 2. The highest BCUT2D eigenvalue weighted by molar-refractivity contribution is 7.47. The molecule has 58 heavy (non-hydrogen) atoms. The van der Waals surface area contributed by atoms with E-state index in [2.05, 4.69) is 74.6 Å². The van der Waals surface area contributed by atoms with Crippen LogP contribution in [0.2, 0.25) is 0 Å². The Bertz CT molecular complexity index is 1150. The molecule has 0 fully saturated rings. The molecular weight excluding hydrogens is 755 g/mol. The van der Waals surface area contributed by atoms with Gasteiger partial charge >= 0.3 is 19.8 Å². The van der Waals surface area contributed by atoms with Crippen LogP contribution in [0.4, 0.5) is 0 Å². The molecule has 0 rings (SSSR count). The number of phosphoric ester groups is 1. The fraction of sp³-hybridized carbons (Fsp3) is 0.745. The maximum atomic E-state index is 12.4. The van der Waals surface area contributed by atoms with E-state index in [0.29, 0.717) is 12.8 Å². The first-order valence-corrected chi connectivity index (χ1v) is 24.2. The summed E-state index contributed by atoms with van der Waals surface area (Å²) in [6.07, 6.45) is 47.6. The number of aliphatic hydroxyl groups is 2. The maximum absolute atomic E-state index is 12.4. The average Bonchev–Trinajstić information content (AvgIpc) is 3.21. The predicted octanol–water partition coefficient (Wildman–Crippen LogP) is 12.3. The third-order valence-corrected chi connectivity index (χ3v) is 10.4. The van der Waals surface area contributed by atoms with Crippen molar-refractivity contribution in [2.45, 2.75) is 199 Å². The molecule has 0 radical (unpaired) electrons. The summed E-state index contributed by atoms with van der Waals surface area (Å²) >= 11 is 0. The molecule has 0 bridgehead atoms. The number of esters is 2. The molecule has 0 aromatic rings. The van der Waals surface area contributed by atoms with Crippen molar-refractivity contribution in [2.75, 3.05) is 26.4 Å². The highest BCUT2D eigenvalue weighted by Gasteiger charge is 2.27. The molecule has 0 aliphatic rings. The topological polar surface area (TPSA) is 149 Å². The largest absolute Gasteiger partial charge is 0.472 e. The summed E-state index contributed by atoms with van der Waals surface area (Å²) in [5, 5.41) is 19.2. The van der Waals surface area contributed by atoms with Crippen LogP contribution in [0.1, 0.15) is 187 Å². The highest BCUT2D eigenvalue weighted by atomic mass is 31.2. The van der Waals surface area contributed by atoms with Gasteiger partial charge in [-0.05, 0) is 77.0 Å². The zero-order valence-corrected chi connectivity index (χ0v) is 37.4. The summed E-state index contributed by atoms with van der Waals surface area (Å²) in [6.45, 7) is 2.07. The van der Waals surface area contributed by atoms with Crippen molar-refractivity contribution in [3.05, 3.63) is 60.8 Å². The Morgan fingerprint density at radius 1 is 0.483 bits per heavy atom. The van der Waals surface area contributed by atoms with Gasteiger partial charge in [-0.1, -0.05) is 158 Å².